The maximum absolute atomic E-state index is 13.4. The normalized spacial score (nSPS) is 10.7. The van der Waals surface area contributed by atoms with Crippen LogP contribution in [0.1, 0.15) is 15.9 Å². The molecular weight excluding hydrogens is 399 g/mol. The molecule has 31 heavy (non-hydrogen) atoms. The standard InChI is InChI=1S/C23H21FN4O3/c1-15-12-20(30-2)21(31-3)13-19(15)26-22(29)18-14-25-28(17-8-6-16(24)7-9-17)23(18)27-10-4-5-11-27/h4-14H,1-3H3,(H,26,29). The van der Waals surface area contributed by atoms with Crippen LogP contribution in [0.4, 0.5) is 10.1 Å². The monoisotopic (exact) mass is 420 g/mol. The summed E-state index contributed by atoms with van der Waals surface area (Å²) in [5.41, 5.74) is 2.40. The molecule has 0 aliphatic carbocycles. The molecule has 0 radical (unpaired) electrons. The summed E-state index contributed by atoms with van der Waals surface area (Å²) in [5, 5.41) is 7.31. The number of aromatic nitrogens is 3. The molecule has 1 N–H and O–H groups in total. The van der Waals surface area contributed by atoms with Crippen molar-refractivity contribution in [3.05, 3.63) is 84.1 Å². The van der Waals surface area contributed by atoms with Gasteiger partial charge in [-0.15, -0.1) is 0 Å². The number of carbonyl (C=O) groups excluding carboxylic acids is 1. The Morgan fingerprint density at radius 3 is 2.32 bits per heavy atom. The van der Waals surface area contributed by atoms with Gasteiger partial charge in [-0.3, -0.25) is 4.79 Å². The van der Waals surface area contributed by atoms with Crippen molar-refractivity contribution >= 4 is 11.6 Å². The average molecular weight is 420 g/mol. The lowest BCUT2D eigenvalue weighted by Gasteiger charge is -2.14. The average Bonchev–Trinajstić information content (AvgIpc) is 3.45. The third kappa shape index (κ3) is 3.87. The summed E-state index contributed by atoms with van der Waals surface area (Å²) >= 11 is 0. The number of nitrogens with zero attached hydrogens (tertiary/aromatic N) is 3. The first-order chi connectivity index (χ1) is 15.0. The van der Waals surface area contributed by atoms with Crippen molar-refractivity contribution in [2.24, 2.45) is 0 Å². The Labute approximate surface area is 178 Å². The number of methoxy groups -OCH3 is 2. The molecule has 8 heteroatoms. The van der Waals surface area contributed by atoms with E-state index in [2.05, 4.69) is 10.4 Å². The second kappa shape index (κ2) is 8.35. The Morgan fingerprint density at radius 2 is 1.68 bits per heavy atom. The molecule has 0 aliphatic rings. The number of hydrogen-bond acceptors (Lipinski definition) is 4. The van der Waals surface area contributed by atoms with E-state index in [0.717, 1.165) is 5.56 Å². The van der Waals surface area contributed by atoms with Crippen molar-refractivity contribution in [3.8, 4) is 23.0 Å². The fraction of sp³-hybridized carbons (Fsp3) is 0.130. The second-order valence-electron chi connectivity index (χ2n) is 6.84. The minimum Gasteiger partial charge on any atom is -0.493 e. The minimum absolute atomic E-state index is 0.340. The van der Waals surface area contributed by atoms with Crippen LogP contribution in [0.25, 0.3) is 11.5 Å². The van der Waals surface area contributed by atoms with Gasteiger partial charge in [-0.2, -0.15) is 5.10 Å². The summed E-state index contributed by atoms with van der Waals surface area (Å²) in [7, 11) is 3.10. The number of carbonyl (C=O) groups is 1. The maximum Gasteiger partial charge on any atom is 0.261 e. The lowest BCUT2D eigenvalue weighted by molar-refractivity contribution is 0.102. The Balaban J connectivity index is 1.75. The number of amides is 1. The van der Waals surface area contributed by atoms with Crippen LogP contribution in [0.15, 0.2) is 67.1 Å². The molecule has 0 saturated carbocycles. The van der Waals surface area contributed by atoms with Gasteiger partial charge in [-0.25, -0.2) is 9.07 Å². The van der Waals surface area contributed by atoms with Crippen LogP contribution in [0.2, 0.25) is 0 Å². The summed E-state index contributed by atoms with van der Waals surface area (Å²) in [6, 6.07) is 13.1. The zero-order valence-corrected chi connectivity index (χ0v) is 17.3. The lowest BCUT2D eigenvalue weighted by atomic mass is 10.1. The van der Waals surface area contributed by atoms with Gasteiger partial charge in [-0.05, 0) is 55.0 Å². The number of halogens is 1. The number of anilines is 1. The van der Waals surface area contributed by atoms with E-state index in [1.165, 1.54) is 25.4 Å². The molecule has 0 bridgehead atoms. The first-order valence-corrected chi connectivity index (χ1v) is 9.53. The minimum atomic E-state index is -0.347. The van der Waals surface area contributed by atoms with Gasteiger partial charge in [0.1, 0.15) is 11.4 Å². The summed E-state index contributed by atoms with van der Waals surface area (Å²) < 4.78 is 27.4. The zero-order chi connectivity index (χ0) is 22.0. The van der Waals surface area contributed by atoms with Gasteiger partial charge in [0.15, 0.2) is 17.3 Å². The fourth-order valence-electron chi connectivity index (χ4n) is 3.30. The molecule has 4 rings (SSSR count). The number of ether oxygens (including phenoxy) is 2. The van der Waals surface area contributed by atoms with E-state index >= 15 is 0 Å². The van der Waals surface area contributed by atoms with E-state index in [9.17, 15) is 9.18 Å². The summed E-state index contributed by atoms with van der Waals surface area (Å²) in [5.74, 6) is 0.936. The van der Waals surface area contributed by atoms with Crippen molar-refractivity contribution in [1.82, 2.24) is 14.3 Å². The van der Waals surface area contributed by atoms with Gasteiger partial charge in [0, 0.05) is 24.1 Å². The first-order valence-electron chi connectivity index (χ1n) is 9.53. The summed E-state index contributed by atoms with van der Waals surface area (Å²) in [6.45, 7) is 1.87. The molecule has 0 atom stereocenters. The van der Waals surface area contributed by atoms with Crippen LogP contribution in [0.5, 0.6) is 11.5 Å². The number of rotatable bonds is 6. The van der Waals surface area contributed by atoms with Crippen LogP contribution in [0.3, 0.4) is 0 Å². The Morgan fingerprint density at radius 1 is 1.03 bits per heavy atom. The summed E-state index contributed by atoms with van der Waals surface area (Å²) in [4.78, 5) is 13.2. The highest BCUT2D eigenvalue weighted by Crippen LogP contribution is 2.33. The molecule has 0 aliphatic heterocycles. The molecule has 2 aromatic carbocycles. The van der Waals surface area contributed by atoms with Crippen molar-refractivity contribution in [1.29, 1.82) is 0 Å². The van der Waals surface area contributed by atoms with Gasteiger partial charge >= 0.3 is 0 Å². The van der Waals surface area contributed by atoms with E-state index in [-0.39, 0.29) is 11.7 Å². The highest BCUT2D eigenvalue weighted by atomic mass is 19.1. The van der Waals surface area contributed by atoms with Crippen molar-refractivity contribution in [3.63, 3.8) is 0 Å². The Kier molecular flexibility index (Phi) is 5.44. The van der Waals surface area contributed by atoms with Crippen LogP contribution < -0.4 is 14.8 Å². The molecule has 4 aromatic rings. The van der Waals surface area contributed by atoms with Crippen LogP contribution in [-0.2, 0) is 0 Å². The fourth-order valence-corrected chi connectivity index (χ4v) is 3.30. The van der Waals surface area contributed by atoms with Gasteiger partial charge in [0.05, 0.1) is 26.1 Å². The van der Waals surface area contributed by atoms with E-state index < -0.39 is 0 Å². The number of benzene rings is 2. The van der Waals surface area contributed by atoms with Gasteiger partial charge in [0.25, 0.3) is 5.91 Å². The van der Waals surface area contributed by atoms with E-state index in [1.807, 2.05) is 31.5 Å². The van der Waals surface area contributed by atoms with Gasteiger partial charge in [-0.1, -0.05) is 0 Å². The molecule has 7 nitrogen and oxygen atoms in total. The maximum atomic E-state index is 13.4. The van der Waals surface area contributed by atoms with Crippen LogP contribution >= 0.6 is 0 Å². The van der Waals surface area contributed by atoms with Crippen molar-refractivity contribution < 1.29 is 18.7 Å². The number of hydrogen-bond donors (Lipinski definition) is 1. The third-order valence-electron chi connectivity index (χ3n) is 4.89. The predicted molar refractivity (Wildman–Crippen MR) is 115 cm³/mol. The van der Waals surface area contributed by atoms with E-state index in [0.29, 0.717) is 34.3 Å². The Hall–Kier alpha value is -4.07. The summed E-state index contributed by atoms with van der Waals surface area (Å²) in [6.07, 6.45) is 5.12. The smallest absolute Gasteiger partial charge is 0.261 e. The quantitative estimate of drug-likeness (QED) is 0.503. The topological polar surface area (TPSA) is 70.3 Å². The van der Waals surface area contributed by atoms with Crippen LogP contribution in [-0.4, -0.2) is 34.5 Å². The molecule has 158 valence electrons. The van der Waals surface area contributed by atoms with Gasteiger partial charge < -0.3 is 19.4 Å². The van der Waals surface area contributed by atoms with Gasteiger partial charge in [0.2, 0.25) is 0 Å². The molecule has 0 spiro atoms. The van der Waals surface area contributed by atoms with Crippen molar-refractivity contribution in [2.75, 3.05) is 19.5 Å². The SMILES string of the molecule is COc1cc(C)c(NC(=O)c2cnn(-c3ccc(F)cc3)c2-n2cccc2)cc1OC. The Bertz CT molecular complexity index is 1210. The first kappa shape index (κ1) is 20.2. The molecule has 2 heterocycles. The number of nitrogens with one attached hydrogen (secondary N) is 1. The molecule has 2 aromatic heterocycles. The predicted octanol–water partition coefficient (Wildman–Crippen LogP) is 4.38. The van der Waals surface area contributed by atoms with Crippen LogP contribution in [0, 0.1) is 12.7 Å². The zero-order valence-electron chi connectivity index (χ0n) is 17.3. The molecule has 0 unspecified atom stereocenters. The number of aryl methyl sites for hydroxylation is 1. The second-order valence-corrected chi connectivity index (χ2v) is 6.84. The van der Waals surface area contributed by atoms with Crippen molar-refractivity contribution in [2.45, 2.75) is 6.92 Å². The molecule has 1 amide bonds. The third-order valence-corrected chi connectivity index (χ3v) is 4.89. The molecular formula is C23H21FN4O3. The highest BCUT2D eigenvalue weighted by Gasteiger charge is 2.21. The molecule has 0 fully saturated rings. The van der Waals surface area contributed by atoms with E-state index in [1.54, 1.807) is 40.6 Å². The van der Waals surface area contributed by atoms with E-state index in [4.69, 9.17) is 9.47 Å². The highest BCUT2D eigenvalue weighted by molar-refractivity contribution is 6.07. The lowest BCUT2D eigenvalue weighted by Crippen LogP contribution is -2.16. The molecule has 0 saturated heterocycles. The largest absolute Gasteiger partial charge is 0.493 e.